The largest absolute Gasteiger partial charge is 0.363 e. The third-order valence-electron chi connectivity index (χ3n) is 9.91. The summed E-state index contributed by atoms with van der Waals surface area (Å²) < 4.78 is 0. The normalized spacial score (nSPS) is 22.4. The molecule has 2 aliphatic carbocycles. The maximum Gasteiger partial charge on any atom is 0.316 e. The topological polar surface area (TPSA) is 168 Å². The fourth-order valence-corrected chi connectivity index (χ4v) is 7.07. The highest BCUT2D eigenvalue weighted by Crippen LogP contribution is 2.36. The van der Waals surface area contributed by atoms with Gasteiger partial charge in [0.1, 0.15) is 17.6 Å². The smallest absolute Gasteiger partial charge is 0.316 e. The van der Waals surface area contributed by atoms with E-state index in [9.17, 15) is 28.8 Å². The van der Waals surface area contributed by atoms with Crippen molar-refractivity contribution in [1.29, 1.82) is 0 Å². The fraction of sp³-hybridized carbons (Fsp3) is 0.657. The average Bonchev–Trinajstić information content (AvgIpc) is 3.71. The highest BCUT2D eigenvalue weighted by atomic mass is 16.2. The number of urea groups is 1. The Kier molecular flexibility index (Phi) is 10.9. The molecule has 4 atom stereocenters. The standard InChI is InChI=1S/C35H51N5O6/c1-21(2)24-16-19-40(26(24)31(44)37-25(20-22-14-15-22)27(41)30(36)43)32(45)28(34(3,4)5)38-33(46)39-35(17-10-7-11-18-35)29(42)23-12-8-6-9-13-23/h6,8-9,12-13,21-22,24-26,28H,7,10-11,14-20H2,1-5H3,(H2,36,43)(H,37,44)(H2,38,39,46)/t24-,25?,26+,28-/m1/s1. The zero-order chi connectivity index (χ0) is 33.8. The van der Waals surface area contributed by atoms with Crippen LogP contribution in [-0.4, -0.2) is 70.4 Å². The summed E-state index contributed by atoms with van der Waals surface area (Å²) >= 11 is 0. The molecule has 1 unspecified atom stereocenters. The molecule has 1 aromatic rings. The molecule has 5 amide bonds. The van der Waals surface area contributed by atoms with Crippen molar-refractivity contribution in [2.45, 2.75) is 116 Å². The summed E-state index contributed by atoms with van der Waals surface area (Å²) in [5.41, 5.74) is 3.99. The number of hydrogen-bond acceptors (Lipinski definition) is 6. The van der Waals surface area contributed by atoms with E-state index in [1.165, 1.54) is 4.90 Å². The number of hydrogen-bond donors (Lipinski definition) is 4. The number of nitrogens with one attached hydrogen (secondary N) is 3. The number of primary amides is 1. The van der Waals surface area contributed by atoms with Crippen LogP contribution in [0.25, 0.3) is 0 Å². The number of carbonyl (C=O) groups is 6. The van der Waals surface area contributed by atoms with Crippen LogP contribution in [-0.2, 0) is 19.2 Å². The zero-order valence-corrected chi connectivity index (χ0v) is 27.9. The molecule has 0 radical (unpaired) electrons. The van der Waals surface area contributed by atoms with E-state index in [1.807, 2.05) is 40.7 Å². The van der Waals surface area contributed by atoms with Gasteiger partial charge in [0.25, 0.3) is 5.91 Å². The van der Waals surface area contributed by atoms with Crippen LogP contribution in [0, 0.1) is 23.2 Å². The van der Waals surface area contributed by atoms with Crippen molar-refractivity contribution in [3.63, 3.8) is 0 Å². The first-order chi connectivity index (χ1) is 21.6. The number of nitrogens with two attached hydrogens (primary N) is 1. The molecule has 1 saturated heterocycles. The maximum absolute atomic E-state index is 14.3. The van der Waals surface area contributed by atoms with Crippen molar-refractivity contribution in [2.24, 2.45) is 28.9 Å². The lowest BCUT2D eigenvalue weighted by Gasteiger charge is -2.39. The van der Waals surface area contributed by atoms with Crippen molar-refractivity contribution >= 4 is 35.3 Å². The summed E-state index contributed by atoms with van der Waals surface area (Å²) in [6, 6.07) is 5.35. The molecule has 1 aliphatic heterocycles. The molecule has 46 heavy (non-hydrogen) atoms. The molecule has 11 heteroatoms. The first-order valence-electron chi connectivity index (χ1n) is 16.8. The van der Waals surface area contributed by atoms with Gasteiger partial charge in [-0.1, -0.05) is 97.1 Å². The van der Waals surface area contributed by atoms with Gasteiger partial charge in [0.2, 0.25) is 17.6 Å². The molecule has 1 heterocycles. The molecular weight excluding hydrogens is 586 g/mol. The van der Waals surface area contributed by atoms with Crippen molar-refractivity contribution in [1.82, 2.24) is 20.9 Å². The number of ketones is 2. The molecule has 0 bridgehead atoms. The Morgan fingerprint density at radius 2 is 1.57 bits per heavy atom. The van der Waals surface area contributed by atoms with Crippen LogP contribution in [0.5, 0.6) is 0 Å². The number of amides is 5. The number of likely N-dealkylation sites (tertiary alicyclic amines) is 1. The SMILES string of the molecule is CC(C)[C@H]1CCN(C(=O)[C@@H](NC(=O)NC2(C(=O)c3ccccc3)CCCCC2)C(C)(C)C)[C@@H]1C(=O)NC(CC1CC1)C(=O)C(N)=O. The molecule has 3 aliphatic rings. The van der Waals surface area contributed by atoms with Crippen molar-refractivity contribution < 1.29 is 28.8 Å². The van der Waals surface area contributed by atoms with Crippen LogP contribution in [0.15, 0.2) is 30.3 Å². The van der Waals surface area contributed by atoms with Gasteiger partial charge in [0, 0.05) is 12.1 Å². The van der Waals surface area contributed by atoms with Gasteiger partial charge in [-0.25, -0.2) is 4.79 Å². The second kappa shape index (κ2) is 14.3. The highest BCUT2D eigenvalue weighted by molar-refractivity contribution is 6.37. The predicted octanol–water partition coefficient (Wildman–Crippen LogP) is 3.50. The van der Waals surface area contributed by atoms with E-state index in [0.29, 0.717) is 37.8 Å². The predicted molar refractivity (Wildman–Crippen MR) is 173 cm³/mol. The van der Waals surface area contributed by atoms with Gasteiger partial charge in [0.15, 0.2) is 5.78 Å². The van der Waals surface area contributed by atoms with Gasteiger partial charge in [-0.15, -0.1) is 0 Å². The molecule has 4 rings (SSSR count). The lowest BCUT2D eigenvalue weighted by Crippen LogP contribution is -2.64. The Bertz CT molecular complexity index is 1310. The number of rotatable bonds is 12. The van der Waals surface area contributed by atoms with Gasteiger partial charge in [-0.3, -0.25) is 24.0 Å². The minimum Gasteiger partial charge on any atom is -0.363 e. The molecule has 252 valence electrons. The third kappa shape index (κ3) is 8.14. The van der Waals surface area contributed by atoms with Gasteiger partial charge >= 0.3 is 6.03 Å². The lowest BCUT2D eigenvalue weighted by atomic mass is 9.76. The van der Waals surface area contributed by atoms with E-state index >= 15 is 0 Å². The summed E-state index contributed by atoms with van der Waals surface area (Å²) in [7, 11) is 0. The van der Waals surface area contributed by atoms with E-state index in [-0.39, 0.29) is 23.5 Å². The van der Waals surface area contributed by atoms with Crippen LogP contribution in [0.3, 0.4) is 0 Å². The van der Waals surface area contributed by atoms with Crippen LogP contribution in [0.4, 0.5) is 4.79 Å². The van der Waals surface area contributed by atoms with Crippen molar-refractivity contribution in [2.75, 3.05) is 6.54 Å². The van der Waals surface area contributed by atoms with Gasteiger partial charge in [0.05, 0.1) is 6.04 Å². The van der Waals surface area contributed by atoms with Gasteiger partial charge in [-0.05, 0) is 48.9 Å². The van der Waals surface area contributed by atoms with E-state index in [2.05, 4.69) is 16.0 Å². The van der Waals surface area contributed by atoms with E-state index in [1.54, 1.807) is 24.3 Å². The van der Waals surface area contributed by atoms with Gasteiger partial charge < -0.3 is 26.6 Å². The second-order valence-electron chi connectivity index (χ2n) is 14.9. The van der Waals surface area contributed by atoms with E-state index < -0.39 is 58.6 Å². The van der Waals surface area contributed by atoms with Crippen LogP contribution in [0.2, 0.25) is 0 Å². The number of carbonyl (C=O) groups excluding carboxylic acids is 6. The number of benzene rings is 1. The molecular formula is C35H51N5O6. The minimum atomic E-state index is -1.10. The molecule has 2 saturated carbocycles. The summed E-state index contributed by atoms with van der Waals surface area (Å²) in [5.74, 6) is -2.93. The Hall–Kier alpha value is -3.76. The van der Waals surface area contributed by atoms with Gasteiger partial charge in [-0.2, -0.15) is 0 Å². The minimum absolute atomic E-state index is 0.0433. The number of Topliss-reactive ketones (excluding diaryl/α,β-unsaturated/α-hetero) is 2. The Labute approximate surface area is 272 Å². The quantitative estimate of drug-likeness (QED) is 0.202. The van der Waals surface area contributed by atoms with Crippen molar-refractivity contribution in [3.05, 3.63) is 35.9 Å². The number of nitrogens with zero attached hydrogens (tertiary/aromatic N) is 1. The monoisotopic (exact) mass is 637 g/mol. The van der Waals surface area contributed by atoms with Crippen LogP contribution >= 0.6 is 0 Å². The zero-order valence-electron chi connectivity index (χ0n) is 27.9. The highest BCUT2D eigenvalue weighted by Gasteiger charge is 2.49. The summed E-state index contributed by atoms with van der Waals surface area (Å²) in [5, 5.41) is 8.63. The van der Waals surface area contributed by atoms with E-state index in [4.69, 9.17) is 5.73 Å². The lowest BCUT2D eigenvalue weighted by molar-refractivity contribution is -0.144. The Morgan fingerprint density at radius 1 is 0.935 bits per heavy atom. The Balaban J connectivity index is 1.56. The first kappa shape index (κ1) is 35.1. The molecule has 0 aromatic heterocycles. The molecule has 5 N–H and O–H groups in total. The molecule has 0 spiro atoms. The average molecular weight is 638 g/mol. The van der Waals surface area contributed by atoms with Crippen LogP contribution < -0.4 is 21.7 Å². The third-order valence-corrected chi connectivity index (χ3v) is 9.91. The molecule has 3 fully saturated rings. The second-order valence-corrected chi connectivity index (χ2v) is 14.9. The fourth-order valence-electron chi connectivity index (χ4n) is 7.07. The Morgan fingerprint density at radius 3 is 2.11 bits per heavy atom. The van der Waals surface area contributed by atoms with Crippen molar-refractivity contribution in [3.8, 4) is 0 Å². The maximum atomic E-state index is 14.3. The van der Waals surface area contributed by atoms with Crippen LogP contribution in [0.1, 0.15) is 103 Å². The summed E-state index contributed by atoms with van der Waals surface area (Å²) in [4.78, 5) is 81.6. The van der Waals surface area contributed by atoms with E-state index in [0.717, 1.165) is 32.1 Å². The summed E-state index contributed by atoms with van der Waals surface area (Å²) in [6.45, 7) is 9.77. The molecule has 1 aromatic carbocycles. The molecule has 11 nitrogen and oxygen atoms in total. The summed E-state index contributed by atoms with van der Waals surface area (Å²) in [6.07, 6.45) is 6.28. The first-order valence-corrected chi connectivity index (χ1v) is 16.8.